The van der Waals surface area contributed by atoms with Gasteiger partial charge in [0.2, 0.25) is 0 Å². The predicted molar refractivity (Wildman–Crippen MR) is 106 cm³/mol. The van der Waals surface area contributed by atoms with Crippen LogP contribution >= 0.6 is 0 Å². The molecule has 0 aliphatic rings. The van der Waals surface area contributed by atoms with Gasteiger partial charge in [-0.15, -0.1) is 0 Å². The molecule has 0 unspecified atom stereocenters. The lowest BCUT2D eigenvalue weighted by Gasteiger charge is -2.22. The van der Waals surface area contributed by atoms with Crippen molar-refractivity contribution < 1.29 is 18.4 Å². The topological polar surface area (TPSA) is 114 Å². The van der Waals surface area contributed by atoms with Gasteiger partial charge in [-0.1, -0.05) is 42.5 Å². The van der Waals surface area contributed by atoms with Crippen molar-refractivity contribution in [2.75, 3.05) is 0 Å². The van der Waals surface area contributed by atoms with Crippen LogP contribution in [0.15, 0.2) is 77.8 Å². The van der Waals surface area contributed by atoms with Gasteiger partial charge in [-0.25, -0.2) is 8.42 Å². The van der Waals surface area contributed by atoms with Crippen molar-refractivity contribution in [1.82, 2.24) is 9.29 Å². The third-order valence-corrected chi connectivity index (χ3v) is 6.12. The highest BCUT2D eigenvalue weighted by Crippen LogP contribution is 2.28. The average Bonchev–Trinajstić information content (AvgIpc) is 2.74. The van der Waals surface area contributed by atoms with Gasteiger partial charge >= 0.3 is 0 Å². The van der Waals surface area contributed by atoms with Crippen LogP contribution in [0.3, 0.4) is 0 Å². The molecule has 29 heavy (non-hydrogen) atoms. The number of nitrogens with zero attached hydrogens (tertiary/aromatic N) is 3. The molecule has 1 heterocycles. The van der Waals surface area contributed by atoms with E-state index in [1.54, 1.807) is 48.7 Å². The molecule has 3 aromatic rings. The van der Waals surface area contributed by atoms with Gasteiger partial charge in [-0.05, 0) is 29.3 Å². The van der Waals surface area contributed by atoms with Gasteiger partial charge < -0.3 is 5.11 Å². The summed E-state index contributed by atoms with van der Waals surface area (Å²) >= 11 is 0. The van der Waals surface area contributed by atoms with Crippen molar-refractivity contribution in [2.45, 2.75) is 24.6 Å². The second kappa shape index (κ2) is 8.91. The van der Waals surface area contributed by atoms with E-state index in [9.17, 15) is 23.6 Å². The summed E-state index contributed by atoms with van der Waals surface area (Å²) in [7, 11) is -4.20. The Balaban J connectivity index is 2.05. The van der Waals surface area contributed by atoms with E-state index in [4.69, 9.17) is 0 Å². The summed E-state index contributed by atoms with van der Waals surface area (Å²) in [6.07, 6.45) is 1.55. The van der Waals surface area contributed by atoms with E-state index in [-0.39, 0.29) is 24.6 Å². The number of sulfonamides is 1. The van der Waals surface area contributed by atoms with Crippen LogP contribution in [0.1, 0.15) is 16.8 Å². The molecule has 9 heteroatoms. The van der Waals surface area contributed by atoms with Crippen LogP contribution in [0, 0.1) is 10.1 Å². The molecular formula is C20H19N3O5S. The number of benzene rings is 2. The van der Waals surface area contributed by atoms with Gasteiger partial charge in [-0.3, -0.25) is 15.1 Å². The zero-order valence-electron chi connectivity index (χ0n) is 15.4. The van der Waals surface area contributed by atoms with Gasteiger partial charge in [0.25, 0.3) is 15.7 Å². The van der Waals surface area contributed by atoms with Crippen molar-refractivity contribution >= 4 is 15.7 Å². The Morgan fingerprint density at radius 2 is 1.69 bits per heavy atom. The van der Waals surface area contributed by atoms with Crippen molar-refractivity contribution in [2.24, 2.45) is 0 Å². The number of nitro groups is 1. The third kappa shape index (κ3) is 4.83. The lowest BCUT2D eigenvalue weighted by Crippen LogP contribution is -2.31. The molecule has 1 N–H and O–H groups in total. The first-order valence-corrected chi connectivity index (χ1v) is 10.2. The SMILES string of the molecule is O=[N+]([O-])c1ccccc1S(=O)(=O)N(Cc1cccc(CO)c1)Cc1ccccn1. The molecule has 0 saturated carbocycles. The molecule has 0 aliphatic heterocycles. The standard InChI is InChI=1S/C20H19N3O5S/c24-15-17-7-5-6-16(12-17)13-22(14-18-8-3-4-11-21-18)29(27,28)20-10-2-1-9-19(20)23(25)26/h1-12,24H,13-15H2. The lowest BCUT2D eigenvalue weighted by atomic mass is 10.1. The number of aliphatic hydroxyl groups excluding tert-OH is 1. The molecule has 0 saturated heterocycles. The number of para-hydroxylation sites is 1. The third-order valence-electron chi connectivity index (χ3n) is 4.28. The fourth-order valence-electron chi connectivity index (χ4n) is 2.89. The van der Waals surface area contributed by atoms with E-state index in [0.29, 0.717) is 16.8 Å². The zero-order valence-corrected chi connectivity index (χ0v) is 16.2. The molecule has 3 rings (SSSR count). The number of nitro benzene ring substituents is 1. The quantitative estimate of drug-likeness (QED) is 0.449. The van der Waals surface area contributed by atoms with Crippen LogP contribution in [0.4, 0.5) is 5.69 Å². The van der Waals surface area contributed by atoms with Crippen LogP contribution in [0.5, 0.6) is 0 Å². The van der Waals surface area contributed by atoms with E-state index in [1.165, 1.54) is 18.2 Å². The summed E-state index contributed by atoms with van der Waals surface area (Å²) in [5.74, 6) is 0. The molecule has 0 aliphatic carbocycles. The van der Waals surface area contributed by atoms with Gasteiger partial charge in [-0.2, -0.15) is 4.31 Å². The first-order valence-electron chi connectivity index (χ1n) is 8.74. The van der Waals surface area contributed by atoms with Crippen LogP contribution < -0.4 is 0 Å². The number of rotatable bonds is 8. The van der Waals surface area contributed by atoms with Crippen molar-refractivity contribution in [3.05, 3.63) is 99.9 Å². The fourth-order valence-corrected chi connectivity index (χ4v) is 4.45. The zero-order chi connectivity index (χ0) is 20.9. The maximum Gasteiger partial charge on any atom is 0.289 e. The summed E-state index contributed by atoms with van der Waals surface area (Å²) in [4.78, 5) is 14.5. The van der Waals surface area contributed by atoms with Crippen LogP contribution in [0.2, 0.25) is 0 Å². The van der Waals surface area contributed by atoms with Crippen molar-refractivity contribution in [3.63, 3.8) is 0 Å². The molecule has 0 amide bonds. The van der Waals surface area contributed by atoms with E-state index in [1.807, 2.05) is 0 Å². The van der Waals surface area contributed by atoms with Gasteiger partial charge in [0.05, 0.1) is 23.8 Å². The average molecular weight is 413 g/mol. The van der Waals surface area contributed by atoms with Gasteiger partial charge in [0.1, 0.15) is 0 Å². The highest BCUT2D eigenvalue weighted by molar-refractivity contribution is 7.89. The smallest absolute Gasteiger partial charge is 0.289 e. The van der Waals surface area contributed by atoms with Crippen LogP contribution in [0.25, 0.3) is 0 Å². The summed E-state index contributed by atoms with van der Waals surface area (Å²) in [5.41, 5.74) is 1.31. The molecule has 150 valence electrons. The molecule has 0 fully saturated rings. The molecule has 2 aromatic carbocycles. The largest absolute Gasteiger partial charge is 0.392 e. The molecule has 1 aromatic heterocycles. The van der Waals surface area contributed by atoms with E-state index >= 15 is 0 Å². The Bertz CT molecular complexity index is 1100. The predicted octanol–water partition coefficient (Wildman–Crippen LogP) is 2.87. The summed E-state index contributed by atoms with van der Waals surface area (Å²) < 4.78 is 27.9. The molecule has 0 bridgehead atoms. The number of aromatic nitrogens is 1. The Kier molecular flexibility index (Phi) is 6.32. The normalized spacial score (nSPS) is 11.5. The molecular weight excluding hydrogens is 394 g/mol. The lowest BCUT2D eigenvalue weighted by molar-refractivity contribution is -0.387. The molecule has 0 spiro atoms. The Hall–Kier alpha value is -3.14. The van der Waals surface area contributed by atoms with E-state index < -0.39 is 20.6 Å². The fraction of sp³-hybridized carbons (Fsp3) is 0.150. The van der Waals surface area contributed by atoms with Crippen LogP contribution in [-0.2, 0) is 29.7 Å². The maximum absolute atomic E-state index is 13.4. The summed E-state index contributed by atoms with van der Waals surface area (Å²) in [5, 5.41) is 20.7. The van der Waals surface area contributed by atoms with Crippen molar-refractivity contribution in [3.8, 4) is 0 Å². The summed E-state index contributed by atoms with van der Waals surface area (Å²) in [6, 6.07) is 17.3. The minimum absolute atomic E-state index is 0.0290. The first-order chi connectivity index (χ1) is 13.9. The second-order valence-corrected chi connectivity index (χ2v) is 8.20. The number of pyridine rings is 1. The highest BCUT2D eigenvalue weighted by Gasteiger charge is 2.31. The van der Waals surface area contributed by atoms with Gasteiger partial charge in [0.15, 0.2) is 4.90 Å². The number of hydrogen-bond donors (Lipinski definition) is 1. The Labute approximate surface area is 168 Å². The van der Waals surface area contributed by atoms with E-state index in [0.717, 1.165) is 10.4 Å². The maximum atomic E-state index is 13.4. The summed E-state index contributed by atoms with van der Waals surface area (Å²) in [6.45, 7) is -0.262. The minimum Gasteiger partial charge on any atom is -0.392 e. The second-order valence-electron chi connectivity index (χ2n) is 6.30. The van der Waals surface area contributed by atoms with Gasteiger partial charge in [0, 0.05) is 18.8 Å². The number of hydrogen-bond acceptors (Lipinski definition) is 6. The van der Waals surface area contributed by atoms with Crippen LogP contribution in [-0.4, -0.2) is 27.7 Å². The van der Waals surface area contributed by atoms with Crippen molar-refractivity contribution in [1.29, 1.82) is 0 Å². The Morgan fingerprint density at radius 1 is 0.966 bits per heavy atom. The molecule has 8 nitrogen and oxygen atoms in total. The van der Waals surface area contributed by atoms with E-state index in [2.05, 4.69) is 4.98 Å². The number of aliphatic hydroxyl groups is 1. The minimum atomic E-state index is -4.20. The Morgan fingerprint density at radius 3 is 2.38 bits per heavy atom. The molecule has 0 atom stereocenters. The highest BCUT2D eigenvalue weighted by atomic mass is 32.2. The molecule has 0 radical (unpaired) electrons. The first kappa shape index (κ1) is 20.6. The monoisotopic (exact) mass is 413 g/mol.